The highest BCUT2D eigenvalue weighted by atomic mass is 32.2. The Morgan fingerprint density at radius 2 is 1.86 bits per heavy atom. The van der Waals surface area contributed by atoms with E-state index in [4.69, 9.17) is 0 Å². The monoisotopic (exact) mass is 296 g/mol. The van der Waals surface area contributed by atoms with Crippen LogP contribution in [0.25, 0.3) is 5.69 Å². The molecule has 0 radical (unpaired) electrons. The number of aryl methyl sites for hydroxylation is 1. The number of nitrogens with zero attached hydrogens (tertiary/aromatic N) is 4. The van der Waals surface area contributed by atoms with Crippen LogP contribution in [0, 0.1) is 6.92 Å². The van der Waals surface area contributed by atoms with Crippen LogP contribution < -0.4 is 0 Å². The lowest BCUT2D eigenvalue weighted by Gasteiger charge is -2.11. The van der Waals surface area contributed by atoms with Gasteiger partial charge in [-0.3, -0.25) is 0 Å². The molecule has 21 heavy (non-hydrogen) atoms. The number of thioether (sulfide) groups is 1. The summed E-state index contributed by atoms with van der Waals surface area (Å²) in [6.45, 7) is 4.22. The Kier molecular flexibility index (Phi) is 4.01. The molecule has 0 aliphatic heterocycles. The Morgan fingerprint density at radius 3 is 2.62 bits per heavy atom. The molecular formula is C16H16N4S. The number of rotatable bonds is 4. The Hall–Kier alpha value is -2.14. The summed E-state index contributed by atoms with van der Waals surface area (Å²) < 4.78 is 1.79. The Balaban J connectivity index is 1.86. The molecule has 3 aromatic rings. The fraction of sp³-hybridized carbons (Fsp3) is 0.188. The second kappa shape index (κ2) is 6.10. The Morgan fingerprint density at radius 1 is 1.05 bits per heavy atom. The second-order valence-electron chi connectivity index (χ2n) is 4.88. The zero-order chi connectivity index (χ0) is 14.7. The fourth-order valence-corrected chi connectivity index (χ4v) is 3.06. The van der Waals surface area contributed by atoms with Crippen molar-refractivity contribution >= 4 is 11.8 Å². The number of hydrogen-bond donors (Lipinski definition) is 0. The van der Waals surface area contributed by atoms with Crippen molar-refractivity contribution in [2.75, 3.05) is 0 Å². The third-order valence-electron chi connectivity index (χ3n) is 3.24. The Bertz CT molecular complexity index is 724. The van der Waals surface area contributed by atoms with Crippen LogP contribution in [-0.2, 0) is 0 Å². The van der Waals surface area contributed by atoms with Gasteiger partial charge in [0.25, 0.3) is 0 Å². The normalized spacial score (nSPS) is 12.3. The molecule has 0 amide bonds. The van der Waals surface area contributed by atoms with E-state index in [9.17, 15) is 0 Å². The average molecular weight is 296 g/mol. The SMILES string of the molecule is Cc1cccc(-n2nnnc2SC(C)c2ccccc2)c1. The molecule has 5 heteroatoms. The van der Waals surface area contributed by atoms with Crippen molar-refractivity contribution in [2.24, 2.45) is 0 Å². The van der Waals surface area contributed by atoms with Gasteiger partial charge in [0.1, 0.15) is 0 Å². The van der Waals surface area contributed by atoms with Crippen LogP contribution in [0.1, 0.15) is 23.3 Å². The summed E-state index contributed by atoms with van der Waals surface area (Å²) in [6.07, 6.45) is 0. The fourth-order valence-electron chi connectivity index (χ4n) is 2.12. The van der Waals surface area contributed by atoms with Crippen LogP contribution in [0.2, 0.25) is 0 Å². The van der Waals surface area contributed by atoms with Crippen LogP contribution in [0.5, 0.6) is 0 Å². The molecule has 0 aliphatic carbocycles. The number of benzene rings is 2. The molecule has 106 valence electrons. The van der Waals surface area contributed by atoms with Crippen LogP contribution in [0.15, 0.2) is 59.8 Å². The lowest BCUT2D eigenvalue weighted by Crippen LogP contribution is -2.00. The van der Waals surface area contributed by atoms with Crippen molar-refractivity contribution < 1.29 is 0 Å². The summed E-state index contributed by atoms with van der Waals surface area (Å²) in [5, 5.41) is 13.2. The summed E-state index contributed by atoms with van der Waals surface area (Å²) in [6, 6.07) is 18.5. The van der Waals surface area contributed by atoms with E-state index in [1.807, 2.05) is 18.2 Å². The van der Waals surface area contributed by atoms with Gasteiger partial charge in [0.05, 0.1) is 5.69 Å². The van der Waals surface area contributed by atoms with Gasteiger partial charge in [0.2, 0.25) is 5.16 Å². The average Bonchev–Trinajstić information content (AvgIpc) is 2.96. The maximum atomic E-state index is 4.15. The molecule has 0 N–H and O–H groups in total. The summed E-state index contributed by atoms with van der Waals surface area (Å²) >= 11 is 1.66. The van der Waals surface area contributed by atoms with Gasteiger partial charge in [0, 0.05) is 5.25 Å². The van der Waals surface area contributed by atoms with Crippen molar-refractivity contribution in [3.8, 4) is 5.69 Å². The van der Waals surface area contributed by atoms with Crippen LogP contribution in [-0.4, -0.2) is 20.2 Å². The third-order valence-corrected chi connectivity index (χ3v) is 4.33. The van der Waals surface area contributed by atoms with Crippen molar-refractivity contribution in [1.29, 1.82) is 0 Å². The Labute approximate surface area is 128 Å². The lowest BCUT2D eigenvalue weighted by atomic mass is 10.2. The molecule has 1 atom stereocenters. The van der Waals surface area contributed by atoms with Gasteiger partial charge in [0.15, 0.2) is 0 Å². The molecule has 1 unspecified atom stereocenters. The molecule has 0 saturated carbocycles. The van der Waals surface area contributed by atoms with Crippen molar-refractivity contribution in [3.05, 3.63) is 65.7 Å². The van der Waals surface area contributed by atoms with E-state index in [-0.39, 0.29) is 0 Å². The molecule has 0 fully saturated rings. The second-order valence-corrected chi connectivity index (χ2v) is 6.19. The zero-order valence-electron chi connectivity index (χ0n) is 12.0. The molecule has 1 heterocycles. The quantitative estimate of drug-likeness (QED) is 0.686. The molecule has 0 spiro atoms. The molecule has 1 aromatic heterocycles. The largest absolute Gasteiger partial charge is 0.214 e. The highest BCUT2D eigenvalue weighted by Gasteiger charge is 2.14. The summed E-state index contributed by atoms with van der Waals surface area (Å²) in [5.74, 6) is 0. The lowest BCUT2D eigenvalue weighted by molar-refractivity contribution is 0.754. The zero-order valence-corrected chi connectivity index (χ0v) is 12.8. The first kappa shape index (κ1) is 13.8. The molecule has 3 rings (SSSR count). The van der Waals surface area contributed by atoms with Crippen molar-refractivity contribution in [2.45, 2.75) is 24.3 Å². The minimum Gasteiger partial charge on any atom is -0.187 e. The van der Waals surface area contributed by atoms with Crippen molar-refractivity contribution in [1.82, 2.24) is 20.2 Å². The van der Waals surface area contributed by atoms with Crippen LogP contribution >= 0.6 is 11.8 Å². The van der Waals surface area contributed by atoms with Gasteiger partial charge in [-0.15, -0.1) is 5.10 Å². The first-order valence-corrected chi connectivity index (χ1v) is 7.69. The predicted octanol–water partition coefficient (Wildman–Crippen LogP) is 3.82. The van der Waals surface area contributed by atoms with E-state index < -0.39 is 0 Å². The number of hydrogen-bond acceptors (Lipinski definition) is 4. The van der Waals surface area contributed by atoms with Gasteiger partial charge < -0.3 is 0 Å². The van der Waals surface area contributed by atoms with Gasteiger partial charge >= 0.3 is 0 Å². The standard InChI is InChI=1S/C16H16N4S/c1-12-7-6-10-15(11-12)20-16(17-18-19-20)21-13(2)14-8-4-3-5-9-14/h3-11,13H,1-2H3. The molecule has 2 aromatic carbocycles. The third kappa shape index (κ3) is 3.13. The highest BCUT2D eigenvalue weighted by molar-refractivity contribution is 7.99. The molecule has 0 aliphatic rings. The number of aromatic nitrogens is 4. The maximum Gasteiger partial charge on any atom is 0.214 e. The van der Waals surface area contributed by atoms with E-state index in [1.165, 1.54) is 11.1 Å². The van der Waals surface area contributed by atoms with Crippen LogP contribution in [0.3, 0.4) is 0 Å². The van der Waals surface area contributed by atoms with Gasteiger partial charge in [-0.2, -0.15) is 4.68 Å². The van der Waals surface area contributed by atoms with Crippen LogP contribution in [0.4, 0.5) is 0 Å². The van der Waals surface area contributed by atoms with Gasteiger partial charge in [-0.1, -0.05) is 54.2 Å². The van der Waals surface area contributed by atoms with Crippen molar-refractivity contribution in [3.63, 3.8) is 0 Å². The molecular weight excluding hydrogens is 280 g/mol. The number of tetrazole rings is 1. The molecule has 0 bridgehead atoms. The smallest absolute Gasteiger partial charge is 0.187 e. The molecule has 0 saturated heterocycles. The minimum atomic E-state index is 0.292. The summed E-state index contributed by atoms with van der Waals surface area (Å²) in [7, 11) is 0. The summed E-state index contributed by atoms with van der Waals surface area (Å²) in [4.78, 5) is 0. The molecule has 4 nitrogen and oxygen atoms in total. The van der Waals surface area contributed by atoms with E-state index in [2.05, 4.69) is 65.8 Å². The highest BCUT2D eigenvalue weighted by Crippen LogP contribution is 2.33. The van der Waals surface area contributed by atoms with E-state index in [1.54, 1.807) is 16.4 Å². The summed E-state index contributed by atoms with van der Waals surface area (Å²) in [5.41, 5.74) is 3.44. The maximum absolute atomic E-state index is 4.15. The minimum absolute atomic E-state index is 0.292. The van der Waals surface area contributed by atoms with E-state index >= 15 is 0 Å². The van der Waals surface area contributed by atoms with Gasteiger partial charge in [-0.25, -0.2) is 0 Å². The van der Waals surface area contributed by atoms with Gasteiger partial charge in [-0.05, 0) is 47.5 Å². The van der Waals surface area contributed by atoms with E-state index in [0.29, 0.717) is 5.25 Å². The first-order chi connectivity index (χ1) is 10.2. The predicted molar refractivity (Wildman–Crippen MR) is 84.6 cm³/mol. The topological polar surface area (TPSA) is 43.6 Å². The first-order valence-electron chi connectivity index (χ1n) is 6.81. The van der Waals surface area contributed by atoms with E-state index in [0.717, 1.165) is 10.8 Å².